The number of nitrogens with two attached hydrogens (primary N) is 1. The lowest BCUT2D eigenvalue weighted by Gasteiger charge is -2.37. The summed E-state index contributed by atoms with van der Waals surface area (Å²) in [6.45, 7) is 2.01. The lowest BCUT2D eigenvalue weighted by molar-refractivity contribution is -0.212. The molecule has 1 unspecified atom stereocenters. The number of nitrogens with zero attached hydrogens (tertiary/aromatic N) is 4. The van der Waals surface area contributed by atoms with Crippen LogP contribution in [0, 0.1) is 5.92 Å². The van der Waals surface area contributed by atoms with Gasteiger partial charge in [0, 0.05) is 25.2 Å². The minimum atomic E-state index is -4.77. The van der Waals surface area contributed by atoms with Crippen molar-refractivity contribution < 1.29 is 31.1 Å². The second-order valence-electron chi connectivity index (χ2n) is 8.93. The van der Waals surface area contributed by atoms with Crippen molar-refractivity contribution in [3.8, 4) is 5.88 Å². The lowest BCUT2D eigenvalue weighted by Crippen LogP contribution is -2.47. The van der Waals surface area contributed by atoms with Gasteiger partial charge < -0.3 is 15.4 Å². The third-order valence-corrected chi connectivity index (χ3v) is 7.59. The Morgan fingerprint density at radius 1 is 1.16 bits per heavy atom. The standard InChI is InChI=1S/C24H27F3N6O4S/c1-2-14-38(35,36)32-21-23(31-18-8-4-3-7-17(18)30-21)37-19(24(25,26)27)15-9-12-33(13-10-15)22-16(20(28)34)6-5-11-29-22/h3-8,11,15,19H,2,9-10,12-14H2,1H3,(H2,28,34)(H,30,32). The summed E-state index contributed by atoms with van der Waals surface area (Å²) in [5.74, 6) is -2.53. The third kappa shape index (κ3) is 6.23. The van der Waals surface area contributed by atoms with E-state index in [0.717, 1.165) is 0 Å². The summed E-state index contributed by atoms with van der Waals surface area (Å²) in [6, 6.07) is 9.47. The van der Waals surface area contributed by atoms with Crippen molar-refractivity contribution in [2.24, 2.45) is 11.7 Å². The molecule has 10 nitrogen and oxygen atoms in total. The Morgan fingerprint density at radius 2 is 1.82 bits per heavy atom. The molecule has 1 aliphatic rings. The number of pyridine rings is 1. The van der Waals surface area contributed by atoms with Gasteiger partial charge in [0.2, 0.25) is 15.8 Å². The molecule has 1 fully saturated rings. The normalized spacial score (nSPS) is 15.8. The Bertz CT molecular complexity index is 1410. The smallest absolute Gasteiger partial charge is 0.425 e. The number of primary amides is 1. The molecule has 4 rings (SSSR count). The zero-order valence-electron chi connectivity index (χ0n) is 20.5. The molecule has 14 heteroatoms. The number of aromatic nitrogens is 3. The summed E-state index contributed by atoms with van der Waals surface area (Å²) < 4.78 is 75.4. The van der Waals surface area contributed by atoms with E-state index in [9.17, 15) is 26.4 Å². The molecule has 3 N–H and O–H groups in total. The van der Waals surface area contributed by atoms with Crippen LogP contribution >= 0.6 is 0 Å². The van der Waals surface area contributed by atoms with E-state index in [1.807, 2.05) is 0 Å². The number of para-hydroxylation sites is 2. The van der Waals surface area contributed by atoms with Crippen molar-refractivity contribution in [3.63, 3.8) is 0 Å². The Hall–Kier alpha value is -3.68. The topological polar surface area (TPSA) is 140 Å². The highest BCUT2D eigenvalue weighted by atomic mass is 32.2. The number of fused-ring (bicyclic) bond motifs is 1. The van der Waals surface area contributed by atoms with E-state index >= 15 is 0 Å². The van der Waals surface area contributed by atoms with Crippen LogP contribution in [0.2, 0.25) is 0 Å². The minimum Gasteiger partial charge on any atom is -0.462 e. The van der Waals surface area contributed by atoms with Crippen molar-refractivity contribution >= 4 is 38.6 Å². The Labute approximate surface area is 217 Å². The number of hydrogen-bond acceptors (Lipinski definition) is 8. The van der Waals surface area contributed by atoms with Gasteiger partial charge in [-0.15, -0.1) is 0 Å². The number of carbonyl (C=O) groups is 1. The first-order chi connectivity index (χ1) is 18.0. The van der Waals surface area contributed by atoms with Crippen LogP contribution in [0.15, 0.2) is 42.6 Å². The van der Waals surface area contributed by atoms with Crippen molar-refractivity contribution in [3.05, 3.63) is 48.2 Å². The number of ether oxygens (including phenoxy) is 1. The summed E-state index contributed by atoms with van der Waals surface area (Å²) in [5.41, 5.74) is 6.16. The molecule has 1 saturated heterocycles. The number of amides is 1. The molecule has 0 aliphatic carbocycles. The van der Waals surface area contributed by atoms with E-state index in [0.29, 0.717) is 17.8 Å². The number of benzene rings is 1. The zero-order chi connectivity index (χ0) is 27.5. The SMILES string of the molecule is CCCS(=O)(=O)Nc1nc2ccccc2nc1OC(C1CCN(c2ncccc2C(N)=O)CC1)C(F)(F)F. The summed E-state index contributed by atoms with van der Waals surface area (Å²) in [4.78, 5) is 26.0. The summed E-state index contributed by atoms with van der Waals surface area (Å²) in [6.07, 6.45) is -5.13. The largest absolute Gasteiger partial charge is 0.462 e. The first kappa shape index (κ1) is 27.4. The molecule has 204 valence electrons. The van der Waals surface area contributed by atoms with Gasteiger partial charge in [-0.25, -0.2) is 23.4 Å². The first-order valence-electron chi connectivity index (χ1n) is 12.0. The number of halogens is 3. The molecule has 38 heavy (non-hydrogen) atoms. The number of nitrogens with one attached hydrogen (secondary N) is 1. The summed E-state index contributed by atoms with van der Waals surface area (Å²) >= 11 is 0. The molecule has 0 bridgehead atoms. The van der Waals surface area contributed by atoms with E-state index in [2.05, 4.69) is 19.7 Å². The van der Waals surface area contributed by atoms with Crippen LogP contribution in [-0.4, -0.2) is 60.4 Å². The van der Waals surface area contributed by atoms with E-state index in [1.54, 1.807) is 42.2 Å². The summed E-state index contributed by atoms with van der Waals surface area (Å²) in [7, 11) is -3.89. The molecule has 1 aliphatic heterocycles. The van der Waals surface area contributed by atoms with Gasteiger partial charge in [-0.05, 0) is 43.5 Å². The molecule has 0 saturated carbocycles. The number of anilines is 2. The fourth-order valence-electron chi connectivity index (χ4n) is 4.41. The zero-order valence-corrected chi connectivity index (χ0v) is 21.3. The van der Waals surface area contributed by atoms with Crippen molar-refractivity contribution in [1.82, 2.24) is 15.0 Å². The first-order valence-corrected chi connectivity index (χ1v) is 13.6. The van der Waals surface area contributed by atoms with Gasteiger partial charge in [-0.3, -0.25) is 9.52 Å². The molecule has 1 aromatic carbocycles. The fraction of sp³-hybridized carbons (Fsp3) is 0.417. The monoisotopic (exact) mass is 552 g/mol. The molecule has 3 aromatic rings. The number of hydrogen-bond donors (Lipinski definition) is 2. The van der Waals surface area contributed by atoms with E-state index in [4.69, 9.17) is 10.5 Å². The Kier molecular flexibility index (Phi) is 7.90. The van der Waals surface area contributed by atoms with Gasteiger partial charge in [0.15, 0.2) is 6.10 Å². The van der Waals surface area contributed by atoms with Crippen LogP contribution in [0.25, 0.3) is 11.0 Å². The van der Waals surface area contributed by atoms with Crippen LogP contribution in [0.1, 0.15) is 36.5 Å². The average molecular weight is 553 g/mol. The lowest BCUT2D eigenvalue weighted by atomic mass is 9.90. The van der Waals surface area contributed by atoms with Gasteiger partial charge in [-0.1, -0.05) is 19.1 Å². The predicted molar refractivity (Wildman–Crippen MR) is 135 cm³/mol. The van der Waals surface area contributed by atoms with Gasteiger partial charge >= 0.3 is 6.18 Å². The van der Waals surface area contributed by atoms with Crippen LogP contribution in [0.3, 0.4) is 0 Å². The second kappa shape index (κ2) is 11.0. The highest BCUT2D eigenvalue weighted by Crippen LogP contribution is 2.37. The number of rotatable bonds is 9. The highest BCUT2D eigenvalue weighted by Gasteiger charge is 2.48. The molecule has 1 atom stereocenters. The number of sulfonamides is 1. The molecule has 1 amide bonds. The van der Waals surface area contributed by atoms with Crippen LogP contribution in [0.4, 0.5) is 24.8 Å². The van der Waals surface area contributed by atoms with Crippen LogP contribution in [-0.2, 0) is 10.0 Å². The molecule has 3 heterocycles. The number of alkyl halides is 3. The fourth-order valence-corrected chi connectivity index (χ4v) is 5.47. The quantitative estimate of drug-likeness (QED) is 0.411. The molecule has 2 aromatic heterocycles. The molecule has 0 spiro atoms. The van der Waals surface area contributed by atoms with Gasteiger partial charge in [0.05, 0.1) is 22.3 Å². The van der Waals surface area contributed by atoms with E-state index in [1.165, 1.54) is 12.3 Å². The summed E-state index contributed by atoms with van der Waals surface area (Å²) in [5, 5.41) is 0. The van der Waals surface area contributed by atoms with Gasteiger partial charge in [-0.2, -0.15) is 13.2 Å². The van der Waals surface area contributed by atoms with Crippen molar-refractivity contribution in [1.29, 1.82) is 0 Å². The van der Waals surface area contributed by atoms with Gasteiger partial charge in [0.25, 0.3) is 11.8 Å². The van der Waals surface area contributed by atoms with Gasteiger partial charge in [0.1, 0.15) is 5.82 Å². The maximum absolute atomic E-state index is 14.3. The Morgan fingerprint density at radius 3 is 2.42 bits per heavy atom. The minimum absolute atomic E-state index is 0.0663. The second-order valence-corrected chi connectivity index (χ2v) is 10.8. The predicted octanol–water partition coefficient (Wildman–Crippen LogP) is 3.50. The highest BCUT2D eigenvalue weighted by molar-refractivity contribution is 7.92. The van der Waals surface area contributed by atoms with Crippen molar-refractivity contribution in [2.45, 2.75) is 38.5 Å². The van der Waals surface area contributed by atoms with Crippen LogP contribution in [0.5, 0.6) is 5.88 Å². The molecular weight excluding hydrogens is 525 g/mol. The molecular formula is C24H27F3N6O4S. The number of carbonyl (C=O) groups excluding carboxylic acids is 1. The Balaban J connectivity index is 1.61. The van der Waals surface area contributed by atoms with Crippen molar-refractivity contribution in [2.75, 3.05) is 28.5 Å². The van der Waals surface area contributed by atoms with Crippen LogP contribution < -0.4 is 20.1 Å². The average Bonchev–Trinajstić information content (AvgIpc) is 2.86. The van der Waals surface area contributed by atoms with E-state index < -0.39 is 45.8 Å². The van der Waals surface area contributed by atoms with E-state index in [-0.39, 0.29) is 42.8 Å². The maximum atomic E-state index is 14.3. The maximum Gasteiger partial charge on any atom is 0.425 e. The molecule has 0 radical (unpaired) electrons. The number of piperidine rings is 1. The third-order valence-electron chi connectivity index (χ3n) is 6.14.